The van der Waals surface area contributed by atoms with Gasteiger partial charge >= 0.3 is 0 Å². The zero-order chi connectivity index (χ0) is 16.7. The minimum atomic E-state index is -0.349. The third-order valence-electron chi connectivity index (χ3n) is 3.87. The summed E-state index contributed by atoms with van der Waals surface area (Å²) in [4.78, 5) is 17.0. The lowest BCUT2D eigenvalue weighted by atomic mass is 9.95. The van der Waals surface area contributed by atoms with Crippen molar-refractivity contribution in [2.24, 2.45) is 0 Å². The lowest BCUT2D eigenvalue weighted by Crippen LogP contribution is -2.17. The normalized spacial score (nSPS) is 11.1. The number of para-hydroxylation sites is 1. The quantitative estimate of drug-likeness (QED) is 0.554. The molecule has 4 aromatic rings. The van der Waals surface area contributed by atoms with Crippen LogP contribution in [0.4, 0.5) is 0 Å². The Kier molecular flexibility index (Phi) is 3.43. The molecule has 4 rings (SSSR count). The van der Waals surface area contributed by atoms with Crippen molar-refractivity contribution in [2.45, 2.75) is 6.92 Å². The minimum Gasteiger partial charge on any atom is -0.356 e. The van der Waals surface area contributed by atoms with E-state index in [9.17, 15) is 4.79 Å². The molecule has 0 bridgehead atoms. The van der Waals surface area contributed by atoms with Crippen LogP contribution < -0.4 is 5.56 Å². The van der Waals surface area contributed by atoms with Crippen LogP contribution >= 0.6 is 11.8 Å². The van der Waals surface area contributed by atoms with Crippen LogP contribution in [-0.4, -0.2) is 14.2 Å². The van der Waals surface area contributed by atoms with E-state index >= 15 is 0 Å². The summed E-state index contributed by atoms with van der Waals surface area (Å²) in [5.41, 5.74) is 2.98. The Morgan fingerprint density at radius 2 is 1.83 bits per heavy atom. The Balaban J connectivity index is 2.22. The number of hydrogen-bond acceptors (Lipinski definition) is 4. The van der Waals surface area contributed by atoms with E-state index in [-0.39, 0.29) is 5.56 Å². The number of halogens is 1. The van der Waals surface area contributed by atoms with Gasteiger partial charge in [-0.2, -0.15) is 0 Å². The Morgan fingerprint density at radius 3 is 2.54 bits per heavy atom. The molecule has 0 fully saturated rings. The van der Waals surface area contributed by atoms with Crippen LogP contribution in [0.2, 0.25) is 0 Å². The van der Waals surface area contributed by atoms with E-state index in [4.69, 9.17) is 16.3 Å². The number of aromatic nitrogens is 3. The Bertz CT molecular complexity index is 1100. The fourth-order valence-corrected chi connectivity index (χ4v) is 3.07. The first-order chi connectivity index (χ1) is 11.7. The molecule has 0 unspecified atom stereocenters. The molecule has 0 saturated heterocycles. The summed E-state index contributed by atoms with van der Waals surface area (Å²) in [6, 6.07) is 12.9. The molecule has 5 nitrogen and oxygen atoms in total. The van der Waals surface area contributed by atoms with Gasteiger partial charge in [0.05, 0.1) is 16.8 Å². The van der Waals surface area contributed by atoms with Crippen molar-refractivity contribution in [2.75, 3.05) is 0 Å². The van der Waals surface area contributed by atoms with Gasteiger partial charge in [0.25, 0.3) is 5.56 Å². The third kappa shape index (κ3) is 2.21. The second kappa shape index (κ2) is 5.62. The summed E-state index contributed by atoms with van der Waals surface area (Å²) in [7, 11) is 0. The minimum absolute atomic E-state index is 0.349. The van der Waals surface area contributed by atoms with Gasteiger partial charge in [-0.25, -0.2) is 4.09 Å². The van der Waals surface area contributed by atoms with Gasteiger partial charge in [-0.1, -0.05) is 23.4 Å². The molecule has 0 atom stereocenters. The zero-order valence-corrected chi connectivity index (χ0v) is 13.5. The first kappa shape index (κ1) is 14.7. The second-order valence-electron chi connectivity index (χ2n) is 5.42. The van der Waals surface area contributed by atoms with E-state index in [0.717, 1.165) is 20.6 Å². The van der Waals surface area contributed by atoms with E-state index in [1.807, 2.05) is 36.4 Å². The van der Waals surface area contributed by atoms with Gasteiger partial charge in [-0.3, -0.25) is 9.78 Å². The largest absolute Gasteiger partial charge is 0.356 e. The summed E-state index contributed by atoms with van der Waals surface area (Å²) in [5, 5.41) is 4.75. The molecule has 0 aliphatic carbocycles. The average molecular weight is 338 g/mol. The molecule has 24 heavy (non-hydrogen) atoms. The number of benzene rings is 1. The van der Waals surface area contributed by atoms with Crippen LogP contribution in [0, 0.1) is 6.92 Å². The lowest BCUT2D eigenvalue weighted by Gasteiger charge is -2.13. The Morgan fingerprint density at radius 1 is 1.08 bits per heavy atom. The summed E-state index contributed by atoms with van der Waals surface area (Å²) in [6.07, 6.45) is 3.37. The number of aryl methyl sites for hydroxylation is 1. The first-order valence-electron chi connectivity index (χ1n) is 7.35. The van der Waals surface area contributed by atoms with E-state index in [1.54, 1.807) is 25.4 Å². The summed E-state index contributed by atoms with van der Waals surface area (Å²) >= 11 is 6.28. The van der Waals surface area contributed by atoms with Gasteiger partial charge in [0, 0.05) is 41.2 Å². The van der Waals surface area contributed by atoms with E-state index in [1.165, 1.54) is 0 Å². The molecule has 0 amide bonds. The molecule has 0 radical (unpaired) electrons. The number of pyridine rings is 2. The van der Waals surface area contributed by atoms with Gasteiger partial charge in [0.1, 0.15) is 0 Å². The lowest BCUT2D eigenvalue weighted by molar-refractivity contribution is 0.427. The van der Waals surface area contributed by atoms with Crippen molar-refractivity contribution in [3.05, 3.63) is 70.9 Å². The molecule has 0 aliphatic heterocycles. The predicted octanol–water partition coefficient (Wildman–Crippen LogP) is 4.03. The van der Waals surface area contributed by atoms with E-state index < -0.39 is 0 Å². The Hall–Kier alpha value is -2.92. The molecule has 1 aromatic carbocycles. The number of fused-ring (bicyclic) bond motifs is 1. The number of rotatable bonds is 2. The maximum atomic E-state index is 12.9. The number of nitrogens with zero attached hydrogens (tertiary/aromatic N) is 3. The second-order valence-corrected chi connectivity index (χ2v) is 5.76. The summed E-state index contributed by atoms with van der Waals surface area (Å²) in [5.74, 6) is 0.393. The van der Waals surface area contributed by atoms with Crippen LogP contribution in [0.1, 0.15) is 5.69 Å². The molecule has 0 spiro atoms. The maximum Gasteiger partial charge on any atom is 0.277 e. The molecule has 0 saturated carbocycles. The first-order valence-corrected chi connectivity index (χ1v) is 7.68. The predicted molar refractivity (Wildman–Crippen MR) is 92.9 cm³/mol. The standard InChI is InChI=1S/C18H12ClN3O2/c1-11-10-15(24-21-11)17-16(12-6-8-20-9-7-12)13-4-2-3-5-14(13)22(19)18(17)23/h2-10H,1H3. The molecule has 6 heteroatoms. The van der Waals surface area contributed by atoms with Crippen molar-refractivity contribution < 1.29 is 4.52 Å². The SMILES string of the molecule is Cc1cc(-c2c(-c3ccncc3)c3ccccc3n(Cl)c2=O)on1. The molecule has 3 aromatic heterocycles. The van der Waals surface area contributed by atoms with Gasteiger partial charge in [0.15, 0.2) is 5.76 Å². The maximum absolute atomic E-state index is 12.9. The van der Waals surface area contributed by atoms with Gasteiger partial charge in [0.2, 0.25) is 0 Å². The van der Waals surface area contributed by atoms with Crippen LogP contribution in [0.5, 0.6) is 0 Å². The monoisotopic (exact) mass is 337 g/mol. The highest BCUT2D eigenvalue weighted by Crippen LogP contribution is 2.35. The molecule has 3 heterocycles. The van der Waals surface area contributed by atoms with Crippen LogP contribution in [0.25, 0.3) is 33.4 Å². The van der Waals surface area contributed by atoms with Gasteiger partial charge < -0.3 is 4.52 Å². The van der Waals surface area contributed by atoms with Gasteiger partial charge in [-0.15, -0.1) is 0 Å². The summed E-state index contributed by atoms with van der Waals surface area (Å²) < 4.78 is 6.48. The summed E-state index contributed by atoms with van der Waals surface area (Å²) in [6.45, 7) is 1.80. The molecular formula is C18H12ClN3O2. The topological polar surface area (TPSA) is 60.9 Å². The molecule has 0 N–H and O–H groups in total. The average Bonchev–Trinajstić information content (AvgIpc) is 3.04. The molecule has 0 aliphatic rings. The van der Waals surface area contributed by atoms with Crippen molar-refractivity contribution in [3.63, 3.8) is 0 Å². The fraction of sp³-hybridized carbons (Fsp3) is 0.0556. The van der Waals surface area contributed by atoms with Crippen LogP contribution in [0.3, 0.4) is 0 Å². The van der Waals surface area contributed by atoms with Crippen molar-refractivity contribution in [3.8, 4) is 22.5 Å². The van der Waals surface area contributed by atoms with Crippen LogP contribution in [-0.2, 0) is 0 Å². The third-order valence-corrected chi connectivity index (χ3v) is 4.21. The van der Waals surface area contributed by atoms with Gasteiger partial charge in [-0.05, 0) is 30.7 Å². The molecule has 118 valence electrons. The zero-order valence-electron chi connectivity index (χ0n) is 12.7. The van der Waals surface area contributed by atoms with Crippen molar-refractivity contribution >= 4 is 22.7 Å². The van der Waals surface area contributed by atoms with Crippen LogP contribution in [0.15, 0.2) is 64.2 Å². The fourth-order valence-electron chi connectivity index (χ4n) is 2.83. The van der Waals surface area contributed by atoms with Crippen molar-refractivity contribution in [1.29, 1.82) is 0 Å². The van der Waals surface area contributed by atoms with Crippen molar-refractivity contribution in [1.82, 2.24) is 14.2 Å². The van der Waals surface area contributed by atoms with E-state index in [0.29, 0.717) is 22.5 Å². The highest BCUT2D eigenvalue weighted by molar-refractivity contribution is 6.20. The molecular weight excluding hydrogens is 326 g/mol. The smallest absolute Gasteiger partial charge is 0.277 e. The van der Waals surface area contributed by atoms with E-state index in [2.05, 4.69) is 10.1 Å². The Labute approximate surface area is 142 Å². The number of hydrogen-bond donors (Lipinski definition) is 0. The highest BCUT2D eigenvalue weighted by Gasteiger charge is 2.21. The highest BCUT2D eigenvalue weighted by atomic mass is 35.5.